The molecule has 0 aromatic carbocycles. The molecule has 92 valence electrons. The van der Waals surface area contributed by atoms with Crippen LogP contribution in [0.2, 0.25) is 0 Å². The number of rotatable bonds is 3. The summed E-state index contributed by atoms with van der Waals surface area (Å²) in [6, 6.07) is -0.243. The van der Waals surface area contributed by atoms with Crippen LogP contribution in [0, 0.1) is 5.92 Å². The molecule has 16 heavy (non-hydrogen) atoms. The Morgan fingerprint density at radius 1 is 1.38 bits per heavy atom. The molecule has 4 heteroatoms. The van der Waals surface area contributed by atoms with E-state index in [9.17, 15) is 9.90 Å². The third-order valence-corrected chi connectivity index (χ3v) is 4.06. The second-order valence-corrected chi connectivity index (χ2v) is 5.82. The molecule has 0 bridgehead atoms. The van der Waals surface area contributed by atoms with Gasteiger partial charge in [-0.1, -0.05) is 0 Å². The predicted molar refractivity (Wildman–Crippen MR) is 62.4 cm³/mol. The average molecular weight is 226 g/mol. The topological polar surface area (TPSA) is 43.8 Å². The second kappa shape index (κ2) is 4.00. The van der Waals surface area contributed by atoms with Gasteiger partial charge in [0.1, 0.15) is 6.04 Å². The largest absolute Gasteiger partial charge is 0.480 e. The smallest absolute Gasteiger partial charge is 0.321 e. The first-order valence-electron chi connectivity index (χ1n) is 6.10. The van der Waals surface area contributed by atoms with Crippen LogP contribution in [0.1, 0.15) is 26.7 Å². The van der Waals surface area contributed by atoms with Gasteiger partial charge >= 0.3 is 5.97 Å². The van der Waals surface area contributed by atoms with Crippen molar-refractivity contribution in [2.45, 2.75) is 38.3 Å². The van der Waals surface area contributed by atoms with Crippen LogP contribution in [-0.4, -0.2) is 59.1 Å². The molecule has 2 aliphatic rings. The highest BCUT2D eigenvalue weighted by molar-refractivity contribution is 5.74. The normalized spacial score (nSPS) is 28.9. The van der Waals surface area contributed by atoms with Gasteiger partial charge in [0.05, 0.1) is 0 Å². The molecule has 4 nitrogen and oxygen atoms in total. The van der Waals surface area contributed by atoms with Crippen LogP contribution >= 0.6 is 0 Å². The summed E-state index contributed by atoms with van der Waals surface area (Å²) in [6.45, 7) is 7.07. The zero-order valence-electron chi connectivity index (χ0n) is 10.4. The zero-order chi connectivity index (χ0) is 11.9. The van der Waals surface area contributed by atoms with E-state index >= 15 is 0 Å². The highest BCUT2D eigenvalue weighted by atomic mass is 16.4. The Bertz CT molecular complexity index is 287. The van der Waals surface area contributed by atoms with Crippen molar-refractivity contribution in [1.82, 2.24) is 9.80 Å². The highest BCUT2D eigenvalue weighted by Crippen LogP contribution is 2.37. The molecule has 1 heterocycles. The van der Waals surface area contributed by atoms with Gasteiger partial charge in [-0.3, -0.25) is 14.6 Å². The number of carbonyl (C=O) groups is 1. The van der Waals surface area contributed by atoms with E-state index in [0.717, 1.165) is 32.5 Å². The Hall–Kier alpha value is -0.610. The van der Waals surface area contributed by atoms with E-state index in [1.165, 1.54) is 0 Å². The molecule has 2 rings (SSSR count). The third-order valence-electron chi connectivity index (χ3n) is 4.06. The maximum absolute atomic E-state index is 11.3. The van der Waals surface area contributed by atoms with E-state index in [2.05, 4.69) is 30.7 Å². The van der Waals surface area contributed by atoms with Crippen molar-refractivity contribution in [3.8, 4) is 0 Å². The summed E-state index contributed by atoms with van der Waals surface area (Å²) in [4.78, 5) is 15.8. The van der Waals surface area contributed by atoms with Gasteiger partial charge in [0, 0.05) is 25.2 Å². The van der Waals surface area contributed by atoms with E-state index in [0.29, 0.717) is 5.92 Å². The minimum absolute atomic E-state index is 0.0842. The van der Waals surface area contributed by atoms with Crippen LogP contribution in [-0.2, 0) is 4.79 Å². The first kappa shape index (κ1) is 11.9. The summed E-state index contributed by atoms with van der Waals surface area (Å²) in [5, 5.41) is 9.32. The van der Waals surface area contributed by atoms with Crippen molar-refractivity contribution < 1.29 is 9.90 Å². The van der Waals surface area contributed by atoms with Gasteiger partial charge in [-0.15, -0.1) is 0 Å². The molecular weight excluding hydrogens is 204 g/mol. The number of likely N-dealkylation sites (N-methyl/N-ethyl adjacent to an activating group) is 1. The monoisotopic (exact) mass is 226 g/mol. The van der Waals surface area contributed by atoms with Gasteiger partial charge in [0.15, 0.2) is 0 Å². The average Bonchev–Trinajstić information content (AvgIpc) is 2.94. The van der Waals surface area contributed by atoms with Crippen molar-refractivity contribution in [1.29, 1.82) is 0 Å². The van der Waals surface area contributed by atoms with Gasteiger partial charge in [-0.2, -0.15) is 0 Å². The van der Waals surface area contributed by atoms with Crippen LogP contribution in [0.15, 0.2) is 0 Å². The number of carboxylic acids is 1. The van der Waals surface area contributed by atoms with Crippen molar-refractivity contribution in [2.75, 3.05) is 26.7 Å². The Kier molecular flexibility index (Phi) is 2.97. The van der Waals surface area contributed by atoms with E-state index in [1.807, 2.05) is 0 Å². The van der Waals surface area contributed by atoms with Crippen molar-refractivity contribution in [3.05, 3.63) is 0 Å². The standard InChI is InChI=1S/C12H22N2O2/c1-12(2)8-14(7-6-13(12)3)10(11(15)16)9-4-5-9/h9-10H,4-8H2,1-3H3,(H,15,16). The second-order valence-electron chi connectivity index (χ2n) is 5.82. The molecule has 0 radical (unpaired) electrons. The van der Waals surface area contributed by atoms with Crippen molar-refractivity contribution >= 4 is 5.97 Å². The molecular formula is C12H22N2O2. The molecule has 1 unspecified atom stereocenters. The van der Waals surface area contributed by atoms with Gasteiger partial charge in [-0.05, 0) is 39.7 Å². The van der Waals surface area contributed by atoms with Crippen LogP contribution in [0.25, 0.3) is 0 Å². The fourth-order valence-electron chi connectivity index (χ4n) is 2.58. The molecule has 0 amide bonds. The molecule has 2 fully saturated rings. The lowest BCUT2D eigenvalue weighted by Crippen LogP contribution is -2.61. The molecule has 1 saturated heterocycles. The molecule has 1 N–H and O–H groups in total. The van der Waals surface area contributed by atoms with Crippen molar-refractivity contribution in [3.63, 3.8) is 0 Å². The number of aliphatic carboxylic acids is 1. The molecule has 0 aromatic rings. The summed E-state index contributed by atoms with van der Waals surface area (Å²) >= 11 is 0. The summed E-state index contributed by atoms with van der Waals surface area (Å²) < 4.78 is 0. The Morgan fingerprint density at radius 2 is 2.00 bits per heavy atom. The maximum atomic E-state index is 11.3. The van der Waals surface area contributed by atoms with E-state index in [-0.39, 0.29) is 11.6 Å². The first-order chi connectivity index (χ1) is 7.42. The summed E-state index contributed by atoms with van der Waals surface area (Å²) in [6.07, 6.45) is 2.17. The first-order valence-corrected chi connectivity index (χ1v) is 6.10. The highest BCUT2D eigenvalue weighted by Gasteiger charge is 2.44. The predicted octanol–water partition coefficient (Wildman–Crippen LogP) is 0.876. The van der Waals surface area contributed by atoms with Gasteiger partial charge < -0.3 is 5.11 Å². The number of carboxylic acid groups (broad SMARTS) is 1. The molecule has 0 aromatic heterocycles. The number of piperazine rings is 1. The number of nitrogens with zero attached hydrogens (tertiary/aromatic N) is 2. The van der Waals surface area contributed by atoms with Crippen molar-refractivity contribution in [2.24, 2.45) is 5.92 Å². The van der Waals surface area contributed by atoms with Gasteiger partial charge in [0.25, 0.3) is 0 Å². The quantitative estimate of drug-likeness (QED) is 0.775. The number of hydrogen-bond donors (Lipinski definition) is 1. The Morgan fingerprint density at radius 3 is 2.44 bits per heavy atom. The fourth-order valence-corrected chi connectivity index (χ4v) is 2.58. The summed E-state index contributed by atoms with van der Waals surface area (Å²) in [5.74, 6) is -0.237. The summed E-state index contributed by atoms with van der Waals surface area (Å²) in [7, 11) is 2.12. The SMILES string of the molecule is CN1CCN(C(C(=O)O)C2CC2)CC1(C)C. The molecule has 1 saturated carbocycles. The van der Waals surface area contributed by atoms with Crippen LogP contribution in [0.5, 0.6) is 0 Å². The third kappa shape index (κ3) is 2.23. The fraction of sp³-hybridized carbons (Fsp3) is 0.917. The van der Waals surface area contributed by atoms with Crippen LogP contribution in [0.3, 0.4) is 0 Å². The number of hydrogen-bond acceptors (Lipinski definition) is 3. The molecule has 1 aliphatic carbocycles. The molecule has 0 spiro atoms. The van der Waals surface area contributed by atoms with E-state index in [1.54, 1.807) is 0 Å². The molecule has 1 aliphatic heterocycles. The van der Waals surface area contributed by atoms with Crippen LogP contribution < -0.4 is 0 Å². The lowest BCUT2D eigenvalue weighted by Gasteiger charge is -2.47. The van der Waals surface area contributed by atoms with Gasteiger partial charge in [0.2, 0.25) is 0 Å². The van der Waals surface area contributed by atoms with Gasteiger partial charge in [-0.25, -0.2) is 0 Å². The summed E-state index contributed by atoms with van der Waals surface area (Å²) in [5.41, 5.74) is 0.0842. The maximum Gasteiger partial charge on any atom is 0.321 e. The van der Waals surface area contributed by atoms with E-state index in [4.69, 9.17) is 0 Å². The lowest BCUT2D eigenvalue weighted by molar-refractivity contribution is -0.146. The molecule has 1 atom stereocenters. The Labute approximate surface area is 97.2 Å². The Balaban J connectivity index is 2.06. The van der Waals surface area contributed by atoms with E-state index < -0.39 is 5.97 Å². The van der Waals surface area contributed by atoms with Crippen LogP contribution in [0.4, 0.5) is 0 Å². The minimum Gasteiger partial charge on any atom is -0.480 e. The lowest BCUT2D eigenvalue weighted by atomic mass is 9.97. The minimum atomic E-state index is -0.636. The zero-order valence-corrected chi connectivity index (χ0v) is 10.4.